The van der Waals surface area contributed by atoms with Crippen molar-refractivity contribution in [2.75, 3.05) is 24.7 Å². The van der Waals surface area contributed by atoms with Crippen molar-refractivity contribution >= 4 is 56.8 Å². The molecule has 0 saturated heterocycles. The number of aromatic nitrogens is 2. The number of benzene rings is 1. The fourth-order valence-electron chi connectivity index (χ4n) is 2.62. The zero-order valence-corrected chi connectivity index (χ0v) is 18.3. The van der Waals surface area contributed by atoms with Crippen LogP contribution < -0.4 is 10.6 Å². The Balaban J connectivity index is 1.57. The van der Waals surface area contributed by atoms with Crippen molar-refractivity contribution in [3.05, 3.63) is 46.6 Å². The highest BCUT2D eigenvalue weighted by Gasteiger charge is 2.14. The van der Waals surface area contributed by atoms with E-state index in [4.69, 9.17) is 0 Å². The molecule has 0 aliphatic heterocycles. The van der Waals surface area contributed by atoms with Gasteiger partial charge in [-0.1, -0.05) is 11.8 Å². The molecule has 0 fully saturated rings. The summed E-state index contributed by atoms with van der Waals surface area (Å²) in [5.41, 5.74) is 2.08. The second kappa shape index (κ2) is 9.68. The molecule has 0 aliphatic carbocycles. The second-order valence-corrected chi connectivity index (χ2v) is 8.48. The highest BCUT2D eigenvalue weighted by molar-refractivity contribution is 8.00. The van der Waals surface area contributed by atoms with Gasteiger partial charge in [-0.3, -0.25) is 14.4 Å². The maximum Gasteiger partial charge on any atom is 0.325 e. The molecule has 156 valence electrons. The molecule has 0 unspecified atom stereocenters. The Morgan fingerprint density at radius 1 is 1.13 bits per heavy atom. The van der Waals surface area contributed by atoms with Crippen LogP contribution in [0.2, 0.25) is 0 Å². The van der Waals surface area contributed by atoms with Gasteiger partial charge in [-0.05, 0) is 43.7 Å². The third-order valence-corrected chi connectivity index (χ3v) is 6.43. The van der Waals surface area contributed by atoms with Gasteiger partial charge >= 0.3 is 5.97 Å². The summed E-state index contributed by atoms with van der Waals surface area (Å²) in [6, 6.07) is 6.40. The third kappa shape index (κ3) is 5.14. The Hall–Kier alpha value is -2.98. The van der Waals surface area contributed by atoms with Gasteiger partial charge in [0.2, 0.25) is 5.91 Å². The predicted octanol–water partition coefficient (Wildman–Crippen LogP) is 2.94. The smallest absolute Gasteiger partial charge is 0.325 e. The molecule has 2 N–H and O–H groups in total. The van der Waals surface area contributed by atoms with Crippen molar-refractivity contribution in [2.45, 2.75) is 18.9 Å². The van der Waals surface area contributed by atoms with Crippen LogP contribution in [0.15, 0.2) is 35.6 Å². The number of ether oxygens (including phenoxy) is 1. The lowest BCUT2D eigenvalue weighted by Crippen LogP contribution is -2.30. The molecule has 2 aromatic heterocycles. The Labute approximate surface area is 181 Å². The van der Waals surface area contributed by atoms with Crippen molar-refractivity contribution < 1.29 is 19.1 Å². The maximum absolute atomic E-state index is 12.3. The van der Waals surface area contributed by atoms with Crippen molar-refractivity contribution in [1.82, 2.24) is 15.3 Å². The minimum Gasteiger partial charge on any atom is -0.468 e. The molecule has 2 heterocycles. The summed E-state index contributed by atoms with van der Waals surface area (Å²) in [5.74, 6) is -0.914. The number of aryl methyl sites for hydroxylation is 2. The molecule has 10 heteroatoms. The van der Waals surface area contributed by atoms with E-state index < -0.39 is 11.9 Å². The van der Waals surface area contributed by atoms with Gasteiger partial charge in [-0.2, -0.15) is 0 Å². The Morgan fingerprint density at radius 3 is 2.57 bits per heavy atom. The van der Waals surface area contributed by atoms with Gasteiger partial charge in [0.15, 0.2) is 0 Å². The zero-order valence-electron chi connectivity index (χ0n) is 16.6. The number of esters is 1. The molecule has 2 amide bonds. The van der Waals surface area contributed by atoms with E-state index in [-0.39, 0.29) is 18.2 Å². The predicted molar refractivity (Wildman–Crippen MR) is 117 cm³/mol. The topological polar surface area (TPSA) is 110 Å². The fourth-order valence-corrected chi connectivity index (χ4v) is 4.54. The van der Waals surface area contributed by atoms with Crippen LogP contribution >= 0.6 is 23.1 Å². The van der Waals surface area contributed by atoms with Crippen LogP contribution in [0.5, 0.6) is 0 Å². The van der Waals surface area contributed by atoms with Crippen molar-refractivity contribution in [3.63, 3.8) is 0 Å². The molecule has 8 nitrogen and oxygen atoms in total. The van der Waals surface area contributed by atoms with Gasteiger partial charge < -0.3 is 15.4 Å². The van der Waals surface area contributed by atoms with E-state index >= 15 is 0 Å². The number of rotatable bonds is 7. The summed E-state index contributed by atoms with van der Waals surface area (Å²) in [6.45, 7) is 3.87. The highest BCUT2D eigenvalue weighted by Crippen LogP contribution is 2.34. The lowest BCUT2D eigenvalue weighted by atomic mass is 10.2. The first-order valence-corrected chi connectivity index (χ1v) is 10.8. The van der Waals surface area contributed by atoms with E-state index in [1.807, 2.05) is 13.8 Å². The minimum absolute atomic E-state index is 0.181. The van der Waals surface area contributed by atoms with E-state index in [9.17, 15) is 14.4 Å². The van der Waals surface area contributed by atoms with E-state index in [0.717, 1.165) is 20.8 Å². The van der Waals surface area contributed by atoms with Crippen LogP contribution in [-0.2, 0) is 14.3 Å². The zero-order chi connectivity index (χ0) is 21.7. The van der Waals surface area contributed by atoms with Crippen LogP contribution in [-0.4, -0.2) is 47.2 Å². The number of amides is 2. The molecule has 1 aromatic carbocycles. The molecule has 3 rings (SSSR count). The molecular formula is C20H20N4O4S2. The third-order valence-electron chi connectivity index (χ3n) is 4.32. The van der Waals surface area contributed by atoms with E-state index in [1.165, 1.54) is 30.1 Å². The fraction of sp³-hybridized carbons (Fsp3) is 0.250. The number of hydrogen-bond donors (Lipinski definition) is 2. The average molecular weight is 445 g/mol. The first-order valence-electron chi connectivity index (χ1n) is 8.97. The summed E-state index contributed by atoms with van der Waals surface area (Å²) in [6.07, 6.45) is 1.52. The first-order chi connectivity index (χ1) is 14.4. The van der Waals surface area contributed by atoms with Gasteiger partial charge in [-0.15, -0.1) is 11.3 Å². The molecule has 3 aromatic rings. The molecule has 0 atom stereocenters. The molecule has 0 spiro atoms. The second-order valence-electron chi connectivity index (χ2n) is 6.32. The van der Waals surface area contributed by atoms with E-state index in [2.05, 4.69) is 25.3 Å². The largest absolute Gasteiger partial charge is 0.468 e. The summed E-state index contributed by atoms with van der Waals surface area (Å²) in [4.78, 5) is 46.1. The summed E-state index contributed by atoms with van der Waals surface area (Å²) in [7, 11) is 1.25. The number of hydrogen-bond acceptors (Lipinski definition) is 8. The van der Waals surface area contributed by atoms with Crippen LogP contribution in [0.4, 0.5) is 5.69 Å². The first kappa shape index (κ1) is 21.7. The summed E-state index contributed by atoms with van der Waals surface area (Å²) in [5, 5.41) is 7.04. The van der Waals surface area contributed by atoms with Gasteiger partial charge in [0.1, 0.15) is 22.7 Å². The molecule has 0 bridgehead atoms. The lowest BCUT2D eigenvalue weighted by Gasteiger charge is -2.07. The molecule has 0 saturated carbocycles. The number of thiophene rings is 1. The van der Waals surface area contributed by atoms with Crippen LogP contribution in [0, 0.1) is 13.8 Å². The number of carbonyl (C=O) groups is 3. The minimum atomic E-state index is -0.529. The number of thioether (sulfide) groups is 1. The number of nitrogens with one attached hydrogen (secondary N) is 2. The number of fused-ring (bicyclic) bond motifs is 1. The van der Waals surface area contributed by atoms with Gasteiger partial charge in [0, 0.05) is 21.5 Å². The number of anilines is 1. The van der Waals surface area contributed by atoms with Gasteiger partial charge in [-0.25, -0.2) is 9.97 Å². The van der Waals surface area contributed by atoms with Crippen molar-refractivity contribution in [2.24, 2.45) is 0 Å². The number of methoxy groups -OCH3 is 1. The average Bonchev–Trinajstić information content (AvgIpc) is 3.05. The van der Waals surface area contributed by atoms with E-state index in [1.54, 1.807) is 35.6 Å². The SMILES string of the molecule is COC(=O)CNC(=O)c1ccc(NC(=O)CSc2ncnc3sc(C)c(C)c23)cc1. The summed E-state index contributed by atoms with van der Waals surface area (Å²) >= 11 is 2.98. The quantitative estimate of drug-likeness (QED) is 0.327. The van der Waals surface area contributed by atoms with Crippen LogP contribution in [0.3, 0.4) is 0 Å². The van der Waals surface area contributed by atoms with Crippen molar-refractivity contribution in [1.29, 1.82) is 0 Å². The van der Waals surface area contributed by atoms with Gasteiger partial charge in [0.25, 0.3) is 5.91 Å². The molecule has 30 heavy (non-hydrogen) atoms. The Kier molecular flexibility index (Phi) is 7.01. The number of carbonyl (C=O) groups excluding carboxylic acids is 3. The lowest BCUT2D eigenvalue weighted by molar-refractivity contribution is -0.139. The number of nitrogens with zero attached hydrogens (tertiary/aromatic N) is 2. The maximum atomic E-state index is 12.3. The molecular weight excluding hydrogens is 424 g/mol. The monoisotopic (exact) mass is 444 g/mol. The normalized spacial score (nSPS) is 10.6. The summed E-state index contributed by atoms with van der Waals surface area (Å²) < 4.78 is 4.48. The van der Waals surface area contributed by atoms with Crippen LogP contribution in [0.25, 0.3) is 10.2 Å². The van der Waals surface area contributed by atoms with Crippen LogP contribution in [0.1, 0.15) is 20.8 Å². The van der Waals surface area contributed by atoms with Crippen molar-refractivity contribution in [3.8, 4) is 0 Å². The Morgan fingerprint density at radius 2 is 1.87 bits per heavy atom. The Bertz CT molecular complexity index is 1100. The van der Waals surface area contributed by atoms with Gasteiger partial charge in [0.05, 0.1) is 12.9 Å². The highest BCUT2D eigenvalue weighted by atomic mass is 32.2. The molecule has 0 aliphatic rings. The van der Waals surface area contributed by atoms with E-state index in [0.29, 0.717) is 11.3 Å². The standard InChI is InChI=1S/C20H20N4O4S2/c1-11-12(2)30-20-17(11)19(22-10-23-20)29-9-15(25)24-14-6-4-13(5-7-14)18(27)21-8-16(26)28-3/h4-7,10H,8-9H2,1-3H3,(H,21,27)(H,24,25). The molecule has 0 radical (unpaired) electrons.